The summed E-state index contributed by atoms with van der Waals surface area (Å²) in [7, 11) is 0. The van der Waals surface area contributed by atoms with Crippen molar-refractivity contribution in [2.45, 2.75) is 52.1 Å². The molecule has 4 heteroatoms. The van der Waals surface area contributed by atoms with Crippen molar-refractivity contribution in [1.82, 2.24) is 10.0 Å². The average molecular weight is 226 g/mol. The quantitative estimate of drug-likeness (QED) is 0.725. The van der Waals surface area contributed by atoms with Crippen LogP contribution in [0.1, 0.15) is 40.5 Å². The highest BCUT2D eigenvalue weighted by Gasteiger charge is 2.55. The molecule has 0 bridgehead atoms. The van der Waals surface area contributed by atoms with Crippen LogP contribution in [0.2, 0.25) is 0 Å². The van der Waals surface area contributed by atoms with Crippen molar-refractivity contribution in [2.24, 2.45) is 5.41 Å². The van der Waals surface area contributed by atoms with E-state index in [2.05, 4.69) is 25.8 Å². The second kappa shape index (κ2) is 3.44. The first-order valence-electron chi connectivity index (χ1n) is 6.00. The number of aliphatic hydroxyl groups is 1. The number of rotatable bonds is 1. The molecule has 0 aromatic carbocycles. The van der Waals surface area contributed by atoms with Gasteiger partial charge in [0.2, 0.25) is 5.91 Å². The van der Waals surface area contributed by atoms with Crippen molar-refractivity contribution in [2.75, 3.05) is 13.2 Å². The third-order valence-corrected chi connectivity index (χ3v) is 3.89. The summed E-state index contributed by atoms with van der Waals surface area (Å²) in [4.78, 5) is 11.9. The summed E-state index contributed by atoms with van der Waals surface area (Å²) in [6.07, 6.45) is 1.45. The number of carbonyl (C=O) groups excluding carboxylic acids is 1. The third-order valence-electron chi connectivity index (χ3n) is 3.89. The lowest BCUT2D eigenvalue weighted by atomic mass is 9.80. The van der Waals surface area contributed by atoms with E-state index >= 15 is 0 Å². The highest BCUT2D eigenvalue weighted by molar-refractivity contribution is 5.79. The fraction of sp³-hybridized carbons (Fsp3) is 0.917. The monoisotopic (exact) mass is 226 g/mol. The minimum Gasteiger partial charge on any atom is -0.394 e. The molecule has 2 saturated heterocycles. The standard InChI is InChI=1S/C12H22N2O2/c1-11(2,3)9-7-12(4,8-15)14-10(16)5-6-13(9)14/h9,15H,5-8H2,1-4H3/t9-,12-/m1/s1. The van der Waals surface area contributed by atoms with E-state index in [4.69, 9.17) is 0 Å². The number of fused-ring (bicyclic) bond motifs is 1. The molecule has 2 atom stereocenters. The normalized spacial score (nSPS) is 35.9. The highest BCUT2D eigenvalue weighted by Crippen LogP contribution is 2.44. The van der Waals surface area contributed by atoms with Gasteiger partial charge in [0, 0.05) is 19.0 Å². The highest BCUT2D eigenvalue weighted by atomic mass is 16.3. The number of nitrogens with zero attached hydrogens (tertiary/aromatic N) is 2. The van der Waals surface area contributed by atoms with Crippen molar-refractivity contribution in [3.63, 3.8) is 0 Å². The van der Waals surface area contributed by atoms with Crippen molar-refractivity contribution in [3.8, 4) is 0 Å². The van der Waals surface area contributed by atoms with Gasteiger partial charge in [-0.15, -0.1) is 0 Å². The Morgan fingerprint density at radius 1 is 1.50 bits per heavy atom. The lowest BCUT2D eigenvalue weighted by Gasteiger charge is -2.35. The fourth-order valence-electron chi connectivity index (χ4n) is 2.96. The summed E-state index contributed by atoms with van der Waals surface area (Å²) >= 11 is 0. The molecule has 16 heavy (non-hydrogen) atoms. The van der Waals surface area contributed by atoms with Gasteiger partial charge in [-0.05, 0) is 18.8 Å². The first-order chi connectivity index (χ1) is 7.29. The smallest absolute Gasteiger partial charge is 0.238 e. The maximum absolute atomic E-state index is 11.9. The van der Waals surface area contributed by atoms with E-state index in [0.717, 1.165) is 13.0 Å². The van der Waals surface area contributed by atoms with Gasteiger partial charge >= 0.3 is 0 Å². The van der Waals surface area contributed by atoms with Gasteiger partial charge in [0.25, 0.3) is 0 Å². The van der Waals surface area contributed by atoms with Crippen molar-refractivity contribution >= 4 is 5.91 Å². The van der Waals surface area contributed by atoms with Crippen molar-refractivity contribution < 1.29 is 9.90 Å². The van der Waals surface area contributed by atoms with Gasteiger partial charge in [0.15, 0.2) is 0 Å². The summed E-state index contributed by atoms with van der Waals surface area (Å²) in [6, 6.07) is 0.344. The second-order valence-electron chi connectivity index (χ2n) is 6.36. The van der Waals surface area contributed by atoms with Crippen LogP contribution in [0.3, 0.4) is 0 Å². The minimum atomic E-state index is -0.397. The molecule has 2 aliphatic rings. The number of hydrazine groups is 1. The van der Waals surface area contributed by atoms with E-state index < -0.39 is 5.54 Å². The lowest BCUT2D eigenvalue weighted by molar-refractivity contribution is -0.146. The van der Waals surface area contributed by atoms with E-state index in [9.17, 15) is 9.90 Å². The molecule has 2 aliphatic heterocycles. The maximum atomic E-state index is 11.9. The predicted molar refractivity (Wildman–Crippen MR) is 61.5 cm³/mol. The minimum absolute atomic E-state index is 0.0435. The van der Waals surface area contributed by atoms with Gasteiger partial charge in [0.05, 0.1) is 12.1 Å². The van der Waals surface area contributed by atoms with Crippen LogP contribution in [0.25, 0.3) is 0 Å². The Labute approximate surface area is 97.2 Å². The Kier molecular flexibility index (Phi) is 2.55. The predicted octanol–water partition coefficient (Wildman–Crippen LogP) is 1.01. The maximum Gasteiger partial charge on any atom is 0.238 e. The van der Waals surface area contributed by atoms with Gasteiger partial charge in [0.1, 0.15) is 0 Å². The Balaban J connectivity index is 2.33. The van der Waals surface area contributed by atoms with Gasteiger partial charge in [-0.2, -0.15) is 0 Å². The molecule has 0 aromatic rings. The summed E-state index contributed by atoms with van der Waals surface area (Å²) in [5.41, 5.74) is -0.263. The van der Waals surface area contributed by atoms with E-state index in [1.165, 1.54) is 0 Å². The Hall–Kier alpha value is -0.610. The zero-order valence-corrected chi connectivity index (χ0v) is 10.7. The van der Waals surface area contributed by atoms with E-state index in [-0.39, 0.29) is 17.9 Å². The summed E-state index contributed by atoms with van der Waals surface area (Å²) in [5.74, 6) is 0.156. The van der Waals surface area contributed by atoms with Gasteiger partial charge in [-0.25, -0.2) is 5.01 Å². The van der Waals surface area contributed by atoms with Crippen molar-refractivity contribution in [3.05, 3.63) is 0 Å². The third kappa shape index (κ3) is 1.55. The zero-order valence-electron chi connectivity index (χ0n) is 10.7. The summed E-state index contributed by atoms with van der Waals surface area (Å²) in [6.45, 7) is 9.42. The average Bonchev–Trinajstić information content (AvgIpc) is 2.67. The largest absolute Gasteiger partial charge is 0.394 e. The number of hydrogen-bond donors (Lipinski definition) is 1. The van der Waals surface area contributed by atoms with Gasteiger partial charge in [-0.1, -0.05) is 20.8 Å². The second-order valence-corrected chi connectivity index (χ2v) is 6.36. The SMILES string of the molecule is CC(C)(C)[C@H]1C[C@](C)(CO)N2C(=O)CCN12. The number of hydrogen-bond acceptors (Lipinski definition) is 3. The van der Waals surface area contributed by atoms with E-state index in [1.54, 1.807) is 0 Å². The Morgan fingerprint density at radius 2 is 2.12 bits per heavy atom. The topological polar surface area (TPSA) is 43.8 Å². The molecule has 4 nitrogen and oxygen atoms in total. The Bertz CT molecular complexity index is 311. The first kappa shape index (κ1) is 11.9. The molecule has 2 fully saturated rings. The number of carbonyl (C=O) groups is 1. The summed E-state index contributed by atoms with van der Waals surface area (Å²) in [5, 5.41) is 13.5. The van der Waals surface area contributed by atoms with Crippen LogP contribution in [-0.4, -0.2) is 45.8 Å². The molecule has 0 saturated carbocycles. The first-order valence-corrected chi connectivity index (χ1v) is 6.00. The van der Waals surface area contributed by atoms with Crippen LogP contribution >= 0.6 is 0 Å². The molecule has 0 spiro atoms. The summed E-state index contributed by atoms with van der Waals surface area (Å²) < 4.78 is 0. The van der Waals surface area contributed by atoms with Crippen LogP contribution < -0.4 is 0 Å². The molecule has 0 radical (unpaired) electrons. The van der Waals surface area contributed by atoms with E-state index in [0.29, 0.717) is 12.5 Å². The van der Waals surface area contributed by atoms with E-state index in [1.807, 2.05) is 11.9 Å². The Morgan fingerprint density at radius 3 is 2.62 bits per heavy atom. The molecule has 92 valence electrons. The zero-order chi connectivity index (χ0) is 12.1. The molecule has 1 N–H and O–H groups in total. The molecule has 1 amide bonds. The fourth-order valence-corrected chi connectivity index (χ4v) is 2.96. The number of aliphatic hydroxyl groups excluding tert-OH is 1. The lowest BCUT2D eigenvalue weighted by Crippen LogP contribution is -2.49. The van der Waals surface area contributed by atoms with Gasteiger partial charge in [-0.3, -0.25) is 9.80 Å². The van der Waals surface area contributed by atoms with Crippen LogP contribution in [0.5, 0.6) is 0 Å². The molecule has 0 unspecified atom stereocenters. The van der Waals surface area contributed by atoms with Crippen LogP contribution in [-0.2, 0) is 4.79 Å². The molecule has 0 aromatic heterocycles. The van der Waals surface area contributed by atoms with Crippen LogP contribution in [0.15, 0.2) is 0 Å². The molecule has 0 aliphatic carbocycles. The van der Waals surface area contributed by atoms with Crippen LogP contribution in [0, 0.1) is 5.41 Å². The molecular weight excluding hydrogens is 204 g/mol. The number of amides is 1. The van der Waals surface area contributed by atoms with Crippen molar-refractivity contribution in [1.29, 1.82) is 0 Å². The van der Waals surface area contributed by atoms with Crippen LogP contribution in [0.4, 0.5) is 0 Å². The molecule has 2 heterocycles. The molecule has 2 rings (SSSR count). The molecular formula is C12H22N2O2. The van der Waals surface area contributed by atoms with Gasteiger partial charge < -0.3 is 5.11 Å².